The van der Waals surface area contributed by atoms with Gasteiger partial charge in [-0.1, -0.05) is 24.3 Å². The molecular weight excluding hydrogens is 382 g/mol. The molecule has 1 saturated heterocycles. The van der Waals surface area contributed by atoms with E-state index in [4.69, 9.17) is 0 Å². The number of aromatic nitrogens is 1. The van der Waals surface area contributed by atoms with E-state index < -0.39 is 10.0 Å². The lowest BCUT2D eigenvalue weighted by Crippen LogP contribution is -3.18. The summed E-state index contributed by atoms with van der Waals surface area (Å²) < 4.78 is 27.2. The number of thiophene rings is 1. The van der Waals surface area contributed by atoms with Gasteiger partial charge in [0.25, 0.3) is 10.0 Å². The number of ketones is 1. The maximum absolute atomic E-state index is 13.0. The van der Waals surface area contributed by atoms with E-state index in [2.05, 4.69) is 4.98 Å². The second kappa shape index (κ2) is 7.20. The monoisotopic (exact) mass is 404 g/mol. The number of aromatic amines is 1. The van der Waals surface area contributed by atoms with Crippen molar-refractivity contribution < 1.29 is 18.1 Å². The van der Waals surface area contributed by atoms with E-state index in [1.807, 2.05) is 31.2 Å². The van der Waals surface area contributed by atoms with Gasteiger partial charge in [0.15, 0.2) is 0 Å². The minimum absolute atomic E-state index is 0.0945. The van der Waals surface area contributed by atoms with Gasteiger partial charge in [-0.05, 0) is 24.4 Å². The summed E-state index contributed by atoms with van der Waals surface area (Å²) in [6.07, 6.45) is 1.78. The highest BCUT2D eigenvalue weighted by molar-refractivity contribution is 7.91. The van der Waals surface area contributed by atoms with Crippen LogP contribution in [0.1, 0.15) is 17.3 Å². The molecular formula is C19H22N3O3S2+. The van der Waals surface area contributed by atoms with E-state index >= 15 is 0 Å². The lowest BCUT2D eigenvalue weighted by atomic mass is 10.0. The molecule has 1 aliphatic heterocycles. The quantitative estimate of drug-likeness (QED) is 0.631. The van der Waals surface area contributed by atoms with Crippen LogP contribution >= 0.6 is 11.3 Å². The van der Waals surface area contributed by atoms with Gasteiger partial charge in [-0.2, -0.15) is 4.31 Å². The normalized spacial score (nSPS) is 18.0. The van der Waals surface area contributed by atoms with Gasteiger partial charge < -0.3 is 9.88 Å². The van der Waals surface area contributed by atoms with Crippen LogP contribution in [0.25, 0.3) is 10.9 Å². The van der Waals surface area contributed by atoms with Crippen molar-refractivity contribution in [1.29, 1.82) is 0 Å². The molecule has 4 rings (SSSR count). The number of carbonyl (C=O) groups is 1. The van der Waals surface area contributed by atoms with E-state index in [1.165, 1.54) is 15.6 Å². The first-order valence-electron chi connectivity index (χ1n) is 8.97. The Bertz CT molecular complexity index is 1050. The fraction of sp³-hybridized carbons (Fsp3) is 0.316. The predicted molar refractivity (Wildman–Crippen MR) is 106 cm³/mol. The number of hydrogen-bond donors (Lipinski definition) is 2. The Morgan fingerprint density at radius 3 is 2.63 bits per heavy atom. The Balaban J connectivity index is 1.46. The fourth-order valence-corrected chi connectivity index (χ4v) is 6.26. The van der Waals surface area contributed by atoms with Crippen LogP contribution in [0.2, 0.25) is 0 Å². The summed E-state index contributed by atoms with van der Waals surface area (Å²) in [4.78, 5) is 17.3. The zero-order valence-corrected chi connectivity index (χ0v) is 16.6. The third-order valence-corrected chi connectivity index (χ3v) is 8.59. The highest BCUT2D eigenvalue weighted by Gasteiger charge is 2.35. The van der Waals surface area contributed by atoms with Crippen LogP contribution in [-0.2, 0) is 10.0 Å². The van der Waals surface area contributed by atoms with Crippen molar-refractivity contribution in [2.45, 2.75) is 17.2 Å². The third kappa shape index (κ3) is 3.34. The maximum Gasteiger partial charge on any atom is 0.252 e. The van der Waals surface area contributed by atoms with Crippen molar-refractivity contribution in [3.63, 3.8) is 0 Å². The molecule has 3 heterocycles. The molecule has 1 atom stereocenters. The first kappa shape index (κ1) is 18.4. The first-order chi connectivity index (χ1) is 13.0. The van der Waals surface area contributed by atoms with Crippen LogP contribution in [0.3, 0.4) is 0 Å². The smallest absolute Gasteiger partial charge is 0.252 e. The lowest BCUT2D eigenvalue weighted by Gasteiger charge is -2.33. The molecule has 0 radical (unpaired) electrons. The van der Waals surface area contributed by atoms with Crippen molar-refractivity contribution in [2.24, 2.45) is 0 Å². The molecule has 142 valence electrons. The van der Waals surface area contributed by atoms with Crippen LogP contribution < -0.4 is 4.90 Å². The number of sulfonamides is 1. The molecule has 0 unspecified atom stereocenters. The van der Waals surface area contributed by atoms with Crippen LogP contribution in [-0.4, -0.2) is 55.7 Å². The molecule has 6 nitrogen and oxygen atoms in total. The van der Waals surface area contributed by atoms with Crippen molar-refractivity contribution in [1.82, 2.24) is 9.29 Å². The van der Waals surface area contributed by atoms with Gasteiger partial charge in [0.05, 0.1) is 26.2 Å². The Labute approximate surface area is 162 Å². The van der Waals surface area contributed by atoms with Gasteiger partial charge in [0, 0.05) is 22.7 Å². The highest BCUT2D eigenvalue weighted by Crippen LogP contribution is 2.21. The number of nitrogens with zero attached hydrogens (tertiary/aromatic N) is 1. The molecule has 3 aromatic rings. The predicted octanol–water partition coefficient (Wildman–Crippen LogP) is 1.39. The van der Waals surface area contributed by atoms with Gasteiger partial charge in [-0.15, -0.1) is 11.3 Å². The Kier molecular flexibility index (Phi) is 4.90. The zero-order valence-electron chi connectivity index (χ0n) is 15.0. The lowest BCUT2D eigenvalue weighted by molar-refractivity contribution is -0.917. The number of rotatable bonds is 5. The number of H-pyrrole nitrogens is 1. The number of para-hydroxylation sites is 1. The first-order valence-corrected chi connectivity index (χ1v) is 11.3. The molecule has 2 N–H and O–H groups in total. The molecule has 1 aliphatic rings. The Morgan fingerprint density at radius 1 is 1.19 bits per heavy atom. The van der Waals surface area contributed by atoms with Crippen LogP contribution in [0, 0.1) is 0 Å². The van der Waals surface area contributed by atoms with Gasteiger partial charge in [0.1, 0.15) is 10.3 Å². The minimum Gasteiger partial charge on any atom is -0.360 e. The van der Waals surface area contributed by atoms with E-state index in [0.717, 1.165) is 15.8 Å². The number of benzene rings is 1. The maximum atomic E-state index is 13.0. The molecule has 0 aliphatic carbocycles. The summed E-state index contributed by atoms with van der Waals surface area (Å²) in [6, 6.07) is 11.0. The summed E-state index contributed by atoms with van der Waals surface area (Å²) >= 11 is 1.24. The number of carbonyl (C=O) groups excluding carboxylic acids is 1. The number of hydrogen-bond acceptors (Lipinski definition) is 4. The van der Waals surface area contributed by atoms with Crippen LogP contribution in [0.15, 0.2) is 52.2 Å². The molecule has 0 saturated carbocycles. The fourth-order valence-electron chi connectivity index (χ4n) is 3.68. The SMILES string of the molecule is C[C@@H](C(=O)c1c[nH]c2ccccc12)[NH+]1CCN(S(=O)(=O)c2cccs2)CC1. The molecule has 0 amide bonds. The van der Waals surface area contributed by atoms with Crippen molar-refractivity contribution >= 4 is 38.0 Å². The summed E-state index contributed by atoms with van der Waals surface area (Å²) in [5.74, 6) is 0.0945. The highest BCUT2D eigenvalue weighted by atomic mass is 32.2. The second-order valence-electron chi connectivity index (χ2n) is 6.83. The summed E-state index contributed by atoms with van der Waals surface area (Å²) in [6.45, 7) is 4.05. The van der Waals surface area contributed by atoms with Crippen molar-refractivity contribution in [2.75, 3.05) is 26.2 Å². The summed E-state index contributed by atoms with van der Waals surface area (Å²) in [7, 11) is -3.41. The average Bonchev–Trinajstić information content (AvgIpc) is 3.37. The molecule has 27 heavy (non-hydrogen) atoms. The van der Waals surface area contributed by atoms with E-state index in [0.29, 0.717) is 36.0 Å². The van der Waals surface area contributed by atoms with Crippen LogP contribution in [0.5, 0.6) is 0 Å². The van der Waals surface area contributed by atoms with Crippen molar-refractivity contribution in [3.8, 4) is 0 Å². The van der Waals surface area contributed by atoms with Gasteiger partial charge in [-0.25, -0.2) is 8.42 Å². The molecule has 1 fully saturated rings. The Hall–Kier alpha value is -2.00. The van der Waals surface area contributed by atoms with Gasteiger partial charge in [0.2, 0.25) is 5.78 Å². The third-order valence-electron chi connectivity index (χ3n) is 5.31. The minimum atomic E-state index is -3.41. The number of quaternary nitrogens is 1. The average molecular weight is 405 g/mol. The molecule has 2 aromatic heterocycles. The molecule has 0 bridgehead atoms. The standard InChI is InChI=1S/C19H21N3O3S2/c1-14(19(23)16-13-20-17-6-3-2-5-15(16)17)21-8-10-22(11-9-21)27(24,25)18-7-4-12-26-18/h2-7,12-14,20H,8-11H2,1H3/p+1/t14-/m0/s1. The largest absolute Gasteiger partial charge is 0.360 e. The summed E-state index contributed by atoms with van der Waals surface area (Å²) in [5, 5.41) is 2.71. The summed E-state index contributed by atoms with van der Waals surface area (Å²) in [5.41, 5.74) is 1.66. The van der Waals surface area contributed by atoms with E-state index in [-0.39, 0.29) is 11.8 Å². The number of Topliss-reactive ketones (excluding diaryl/α,β-unsaturated/α-hetero) is 1. The van der Waals surface area contributed by atoms with Crippen LogP contribution in [0.4, 0.5) is 0 Å². The van der Waals surface area contributed by atoms with Gasteiger partial charge >= 0.3 is 0 Å². The molecule has 1 aromatic carbocycles. The van der Waals surface area contributed by atoms with E-state index in [9.17, 15) is 13.2 Å². The number of nitrogens with one attached hydrogen (secondary N) is 2. The molecule has 8 heteroatoms. The number of piperazine rings is 1. The Morgan fingerprint density at radius 2 is 1.93 bits per heavy atom. The van der Waals surface area contributed by atoms with Crippen molar-refractivity contribution in [3.05, 3.63) is 53.5 Å². The zero-order chi connectivity index (χ0) is 19.0. The topological polar surface area (TPSA) is 74.7 Å². The number of fused-ring (bicyclic) bond motifs is 1. The second-order valence-corrected chi connectivity index (χ2v) is 9.94. The van der Waals surface area contributed by atoms with Gasteiger partial charge in [-0.3, -0.25) is 4.79 Å². The molecule has 0 spiro atoms. The van der Waals surface area contributed by atoms with E-state index in [1.54, 1.807) is 23.7 Å².